The lowest BCUT2D eigenvalue weighted by Crippen LogP contribution is -2.30. The zero-order valence-corrected chi connectivity index (χ0v) is 25.4. The molecule has 50 heavy (non-hydrogen) atoms. The van der Waals surface area contributed by atoms with E-state index in [1.165, 1.54) is 66.7 Å². The summed E-state index contributed by atoms with van der Waals surface area (Å²) in [4.78, 5) is 111. The molecular formula is C38H18N4O8. The van der Waals surface area contributed by atoms with Gasteiger partial charge in [0.2, 0.25) is 0 Å². The van der Waals surface area contributed by atoms with Crippen LogP contribution >= 0.6 is 0 Å². The topological polar surface area (TPSA) is 150 Å². The van der Waals surface area contributed by atoms with Crippen LogP contribution in [0.4, 0.5) is 22.7 Å². The number of anilines is 4. The van der Waals surface area contributed by atoms with Gasteiger partial charge in [0.15, 0.2) is 0 Å². The van der Waals surface area contributed by atoms with Crippen LogP contribution in [0.25, 0.3) is 0 Å². The van der Waals surface area contributed by atoms with E-state index in [1.54, 1.807) is 42.5 Å². The fraction of sp³-hybridized carbons (Fsp3) is 0. The van der Waals surface area contributed by atoms with E-state index in [0.717, 1.165) is 19.6 Å². The Morgan fingerprint density at radius 3 is 0.840 bits per heavy atom. The zero-order chi connectivity index (χ0) is 34.6. The van der Waals surface area contributed by atoms with Crippen molar-refractivity contribution in [2.75, 3.05) is 19.6 Å². The van der Waals surface area contributed by atoms with Crippen molar-refractivity contribution in [3.8, 4) is 0 Å². The van der Waals surface area contributed by atoms with Crippen molar-refractivity contribution in [3.05, 3.63) is 154 Å². The molecule has 4 aliphatic heterocycles. The summed E-state index contributed by atoms with van der Waals surface area (Å²) >= 11 is 0. The molecule has 0 N–H and O–H groups in total. The van der Waals surface area contributed by atoms with Gasteiger partial charge in [-0.2, -0.15) is 0 Å². The minimum absolute atomic E-state index is 0.0112. The van der Waals surface area contributed by atoms with Gasteiger partial charge in [0.1, 0.15) is 0 Å². The molecule has 5 aromatic rings. The number of para-hydroxylation sites is 1. The number of nitrogens with zero attached hydrogens (tertiary/aromatic N) is 4. The Balaban J connectivity index is 1.01. The molecule has 0 bridgehead atoms. The molecule has 9 rings (SSSR count). The van der Waals surface area contributed by atoms with Crippen molar-refractivity contribution < 1.29 is 38.4 Å². The SMILES string of the molecule is O=C1c2ccccc2C(=O)N1c1ccc2c(c1)C(=O)N(c1ccc3c(c1)C(=O)N(c1ccc4c(c1)C(=O)N(c1ccccc1)C4=O)C3=O)C2=O. The largest absolute Gasteiger partial charge is 0.268 e. The Hall–Kier alpha value is -7.34. The minimum atomic E-state index is -0.756. The molecule has 0 atom stereocenters. The number of amides is 8. The van der Waals surface area contributed by atoms with Crippen molar-refractivity contribution in [3.63, 3.8) is 0 Å². The number of carbonyl (C=O) groups excluding carboxylic acids is 8. The summed E-state index contributed by atoms with van der Waals surface area (Å²) in [5, 5.41) is 0. The third-order valence-electron chi connectivity index (χ3n) is 9.19. The van der Waals surface area contributed by atoms with Gasteiger partial charge in [-0.05, 0) is 78.9 Å². The maximum absolute atomic E-state index is 13.7. The van der Waals surface area contributed by atoms with Crippen LogP contribution in [0.2, 0.25) is 0 Å². The number of fused-ring (bicyclic) bond motifs is 4. The second kappa shape index (κ2) is 10.1. The summed E-state index contributed by atoms with van der Waals surface area (Å²) in [5.74, 6) is -5.15. The molecule has 0 fully saturated rings. The number of hydrogen-bond acceptors (Lipinski definition) is 8. The minimum Gasteiger partial charge on any atom is -0.268 e. The summed E-state index contributed by atoms with van der Waals surface area (Å²) in [6, 6.07) is 26.8. The standard InChI is InChI=1S/C38H18N4O8/c43-31-23-8-4-5-9-24(23)32(44)40(31)20-10-14-26-29(16-20)37(49)42(34(26)46)22-12-15-27-30(18-22)38(50)41(35(27)47)21-11-13-25-28(17-21)36(48)39(33(25)45)19-6-2-1-3-7-19/h1-18H. The number of rotatable bonds is 4. The van der Waals surface area contributed by atoms with Gasteiger partial charge in [0, 0.05) is 0 Å². The highest BCUT2D eigenvalue weighted by Crippen LogP contribution is 2.38. The molecule has 0 aliphatic carbocycles. The quantitative estimate of drug-likeness (QED) is 0.248. The van der Waals surface area contributed by atoms with Crippen LogP contribution in [0.3, 0.4) is 0 Å². The fourth-order valence-corrected chi connectivity index (χ4v) is 6.81. The summed E-state index contributed by atoms with van der Waals surface area (Å²) < 4.78 is 0. The summed E-state index contributed by atoms with van der Waals surface area (Å²) in [6.45, 7) is 0. The highest BCUT2D eigenvalue weighted by atomic mass is 16.2. The van der Waals surface area contributed by atoms with Crippen molar-refractivity contribution in [1.29, 1.82) is 0 Å². The summed E-state index contributed by atoms with van der Waals surface area (Å²) in [7, 11) is 0. The molecule has 0 saturated heterocycles. The first-order valence-corrected chi connectivity index (χ1v) is 15.3. The molecule has 238 valence electrons. The Bertz CT molecular complexity index is 2490. The predicted molar refractivity (Wildman–Crippen MR) is 177 cm³/mol. The van der Waals surface area contributed by atoms with Gasteiger partial charge in [-0.15, -0.1) is 0 Å². The molecule has 0 saturated carbocycles. The van der Waals surface area contributed by atoms with Gasteiger partial charge < -0.3 is 0 Å². The summed E-state index contributed by atoms with van der Waals surface area (Å²) in [6.07, 6.45) is 0. The monoisotopic (exact) mass is 658 g/mol. The Kier molecular flexibility index (Phi) is 5.82. The lowest BCUT2D eigenvalue weighted by Gasteiger charge is -2.15. The number of imide groups is 4. The van der Waals surface area contributed by atoms with E-state index >= 15 is 0 Å². The van der Waals surface area contributed by atoms with E-state index in [9.17, 15) is 38.4 Å². The maximum atomic E-state index is 13.7. The van der Waals surface area contributed by atoms with Gasteiger partial charge >= 0.3 is 0 Å². The van der Waals surface area contributed by atoms with Gasteiger partial charge in [0.25, 0.3) is 47.3 Å². The molecular weight excluding hydrogens is 640 g/mol. The van der Waals surface area contributed by atoms with Crippen molar-refractivity contribution in [2.24, 2.45) is 0 Å². The second-order valence-corrected chi connectivity index (χ2v) is 11.9. The summed E-state index contributed by atoms with van der Waals surface area (Å²) in [5.41, 5.74) is 1.09. The fourth-order valence-electron chi connectivity index (χ4n) is 6.81. The molecule has 0 aromatic heterocycles. The number of carbonyl (C=O) groups is 8. The first-order chi connectivity index (χ1) is 24.2. The highest BCUT2D eigenvalue weighted by molar-refractivity contribution is 6.39. The van der Waals surface area contributed by atoms with Crippen LogP contribution in [-0.4, -0.2) is 47.3 Å². The predicted octanol–water partition coefficient (Wildman–Crippen LogP) is 4.89. The first kappa shape index (κ1) is 28.8. The van der Waals surface area contributed by atoms with Crippen molar-refractivity contribution >= 4 is 70.0 Å². The maximum Gasteiger partial charge on any atom is 0.266 e. The van der Waals surface area contributed by atoms with Crippen molar-refractivity contribution in [1.82, 2.24) is 0 Å². The molecule has 8 amide bonds. The first-order valence-electron chi connectivity index (χ1n) is 15.3. The number of hydrogen-bond donors (Lipinski definition) is 0. The van der Waals surface area contributed by atoms with Crippen LogP contribution in [-0.2, 0) is 0 Å². The lowest BCUT2D eigenvalue weighted by molar-refractivity contribution is 0.0908. The van der Waals surface area contributed by atoms with E-state index in [0.29, 0.717) is 5.69 Å². The molecule has 4 heterocycles. The molecule has 0 unspecified atom stereocenters. The highest BCUT2D eigenvalue weighted by Gasteiger charge is 2.44. The van der Waals surface area contributed by atoms with Crippen molar-refractivity contribution in [2.45, 2.75) is 0 Å². The van der Waals surface area contributed by atoms with Crippen LogP contribution < -0.4 is 19.6 Å². The van der Waals surface area contributed by atoms with E-state index in [-0.39, 0.29) is 61.6 Å². The van der Waals surface area contributed by atoms with E-state index in [2.05, 4.69) is 0 Å². The second-order valence-electron chi connectivity index (χ2n) is 11.9. The Labute approximate surface area is 281 Å². The van der Waals surface area contributed by atoms with E-state index in [4.69, 9.17) is 0 Å². The van der Waals surface area contributed by atoms with Gasteiger partial charge in [-0.3, -0.25) is 38.4 Å². The molecule has 0 spiro atoms. The van der Waals surface area contributed by atoms with Gasteiger partial charge in [-0.1, -0.05) is 30.3 Å². The van der Waals surface area contributed by atoms with Gasteiger partial charge in [0.05, 0.1) is 67.3 Å². The number of benzene rings is 5. The van der Waals surface area contributed by atoms with Gasteiger partial charge in [-0.25, -0.2) is 19.6 Å². The molecule has 5 aromatic carbocycles. The Morgan fingerprint density at radius 1 is 0.240 bits per heavy atom. The van der Waals surface area contributed by atoms with Crippen LogP contribution in [0.15, 0.2) is 109 Å². The smallest absolute Gasteiger partial charge is 0.266 e. The van der Waals surface area contributed by atoms with Crippen LogP contribution in [0.5, 0.6) is 0 Å². The van der Waals surface area contributed by atoms with Crippen LogP contribution in [0.1, 0.15) is 82.9 Å². The third-order valence-corrected chi connectivity index (χ3v) is 9.19. The Morgan fingerprint density at radius 2 is 0.500 bits per heavy atom. The lowest BCUT2D eigenvalue weighted by atomic mass is 10.1. The average Bonchev–Trinajstić information content (AvgIpc) is 3.74. The average molecular weight is 659 g/mol. The van der Waals surface area contributed by atoms with Crippen LogP contribution in [0, 0.1) is 0 Å². The molecule has 4 aliphatic rings. The molecule has 0 radical (unpaired) electrons. The zero-order valence-electron chi connectivity index (χ0n) is 25.4. The van der Waals surface area contributed by atoms with E-state index < -0.39 is 47.3 Å². The molecule has 12 heteroatoms. The molecule has 12 nitrogen and oxygen atoms in total. The normalized spacial score (nSPS) is 16.2. The third kappa shape index (κ3) is 3.75. The van der Waals surface area contributed by atoms with E-state index in [1.807, 2.05) is 0 Å².